The quantitative estimate of drug-likeness (QED) is 0.232. The maximum absolute atomic E-state index is 13.4. The average molecular weight is 466 g/mol. The average Bonchev–Trinajstić information content (AvgIpc) is 3.41. The van der Waals surface area contributed by atoms with E-state index < -0.39 is 0 Å². The molecule has 0 spiro atoms. The minimum atomic E-state index is -0.324. The number of hydrogen-bond acceptors (Lipinski definition) is 4. The summed E-state index contributed by atoms with van der Waals surface area (Å²) in [6, 6.07) is 13.0. The zero-order valence-corrected chi connectivity index (χ0v) is 19.4. The molecular weight excluding hydrogens is 438 g/mol. The van der Waals surface area contributed by atoms with Crippen LogP contribution in [-0.4, -0.2) is 33.0 Å². The molecular formula is C25H28ClN5O2. The van der Waals surface area contributed by atoms with E-state index in [0.29, 0.717) is 36.2 Å². The predicted octanol–water partition coefficient (Wildman–Crippen LogP) is 4.59. The van der Waals surface area contributed by atoms with Gasteiger partial charge in [0.15, 0.2) is 0 Å². The molecule has 3 aromatic rings. The molecule has 7 nitrogen and oxygen atoms in total. The molecule has 3 N–H and O–H groups in total. The Morgan fingerprint density at radius 2 is 2.06 bits per heavy atom. The molecule has 0 saturated heterocycles. The Hall–Kier alpha value is -3.19. The summed E-state index contributed by atoms with van der Waals surface area (Å²) >= 11 is 5.74. The fourth-order valence-corrected chi connectivity index (χ4v) is 4.55. The van der Waals surface area contributed by atoms with E-state index in [1.165, 1.54) is 0 Å². The summed E-state index contributed by atoms with van der Waals surface area (Å²) in [5.74, 6) is 0.550. The summed E-state index contributed by atoms with van der Waals surface area (Å²) in [7, 11) is 0. The Morgan fingerprint density at radius 3 is 2.85 bits per heavy atom. The number of hydrogen-bond donors (Lipinski definition) is 3. The van der Waals surface area contributed by atoms with Crippen molar-refractivity contribution in [3.05, 3.63) is 65.0 Å². The van der Waals surface area contributed by atoms with Crippen LogP contribution in [0, 0.1) is 5.41 Å². The van der Waals surface area contributed by atoms with E-state index in [-0.39, 0.29) is 23.7 Å². The topological polar surface area (TPSA) is 99.9 Å². The highest BCUT2D eigenvalue weighted by molar-refractivity contribution is 6.28. The SMILES string of the molecule is CCn1c([C@H](CCCCC(=N)CCl)NC(=O)c2cccc3c2C(=O)NC3)nc2ccccc21. The Balaban J connectivity index is 1.63. The summed E-state index contributed by atoms with van der Waals surface area (Å²) in [6.07, 6.45) is 2.94. The van der Waals surface area contributed by atoms with Gasteiger partial charge in [0.25, 0.3) is 11.8 Å². The number of benzene rings is 2. The summed E-state index contributed by atoms with van der Waals surface area (Å²) in [4.78, 5) is 30.5. The first-order valence-electron chi connectivity index (χ1n) is 11.3. The number of para-hydroxylation sites is 2. The van der Waals surface area contributed by atoms with Gasteiger partial charge in [0.05, 0.1) is 34.1 Å². The lowest BCUT2D eigenvalue weighted by Crippen LogP contribution is -2.32. The van der Waals surface area contributed by atoms with Gasteiger partial charge in [-0.2, -0.15) is 0 Å². The molecule has 2 aromatic carbocycles. The lowest BCUT2D eigenvalue weighted by Gasteiger charge is -2.20. The maximum Gasteiger partial charge on any atom is 0.252 e. The Morgan fingerprint density at radius 1 is 1.24 bits per heavy atom. The van der Waals surface area contributed by atoms with E-state index in [9.17, 15) is 9.59 Å². The van der Waals surface area contributed by atoms with E-state index in [1.54, 1.807) is 6.07 Å². The lowest BCUT2D eigenvalue weighted by atomic mass is 10.0. The number of rotatable bonds is 10. The summed E-state index contributed by atoms with van der Waals surface area (Å²) < 4.78 is 2.13. The van der Waals surface area contributed by atoms with Crippen LogP contribution < -0.4 is 10.6 Å². The maximum atomic E-state index is 13.4. The number of aryl methyl sites for hydroxylation is 1. The standard InChI is InChI=1S/C25H28ClN5O2/c1-2-31-21-13-6-5-11-19(21)29-23(31)20(12-4-3-9-17(27)14-26)30-24(32)18-10-7-8-16-15-28-25(33)22(16)18/h5-8,10-11,13,20,27H,2-4,9,12,14-15H2,1H3,(H,28,33)(H,30,32)/t20-/m0/s1. The van der Waals surface area contributed by atoms with Gasteiger partial charge in [-0.1, -0.05) is 30.7 Å². The van der Waals surface area contributed by atoms with Gasteiger partial charge < -0.3 is 20.6 Å². The molecule has 1 aromatic heterocycles. The van der Waals surface area contributed by atoms with Crippen LogP contribution in [0.15, 0.2) is 42.5 Å². The van der Waals surface area contributed by atoms with Crippen LogP contribution >= 0.6 is 11.6 Å². The lowest BCUT2D eigenvalue weighted by molar-refractivity contribution is 0.0912. The van der Waals surface area contributed by atoms with Gasteiger partial charge in [-0.05, 0) is 49.9 Å². The van der Waals surface area contributed by atoms with Crippen molar-refractivity contribution in [3.8, 4) is 0 Å². The Kier molecular flexibility index (Phi) is 7.08. The number of unbranched alkanes of at least 4 members (excludes halogenated alkanes) is 1. The number of fused-ring (bicyclic) bond motifs is 2. The number of halogens is 1. The molecule has 1 atom stereocenters. The van der Waals surface area contributed by atoms with Crippen molar-refractivity contribution < 1.29 is 9.59 Å². The zero-order chi connectivity index (χ0) is 23.4. The van der Waals surface area contributed by atoms with Crippen molar-refractivity contribution in [2.75, 3.05) is 5.88 Å². The predicted molar refractivity (Wildman–Crippen MR) is 130 cm³/mol. The monoisotopic (exact) mass is 465 g/mol. The highest BCUT2D eigenvalue weighted by atomic mass is 35.5. The molecule has 2 amide bonds. The Labute approximate surface area is 198 Å². The number of alkyl halides is 1. The minimum absolute atomic E-state index is 0.215. The molecule has 2 heterocycles. The van der Waals surface area contributed by atoms with Crippen LogP contribution in [0.2, 0.25) is 0 Å². The smallest absolute Gasteiger partial charge is 0.252 e. The van der Waals surface area contributed by atoms with Gasteiger partial charge in [0.2, 0.25) is 0 Å². The van der Waals surface area contributed by atoms with E-state index in [1.807, 2.05) is 36.4 Å². The van der Waals surface area contributed by atoms with Crippen molar-refractivity contribution in [1.82, 2.24) is 20.2 Å². The molecule has 0 unspecified atom stereocenters. The minimum Gasteiger partial charge on any atom is -0.348 e. The third-order valence-electron chi connectivity index (χ3n) is 6.06. The van der Waals surface area contributed by atoms with Gasteiger partial charge in [-0.15, -0.1) is 11.6 Å². The van der Waals surface area contributed by atoms with Crippen LogP contribution in [-0.2, 0) is 13.1 Å². The normalized spacial score (nSPS) is 13.6. The third-order valence-corrected chi connectivity index (χ3v) is 6.38. The van der Waals surface area contributed by atoms with Crippen LogP contribution in [0.5, 0.6) is 0 Å². The summed E-state index contributed by atoms with van der Waals surface area (Å²) in [5.41, 5.74) is 4.10. The fraction of sp³-hybridized carbons (Fsp3) is 0.360. The number of nitrogens with zero attached hydrogens (tertiary/aromatic N) is 2. The van der Waals surface area contributed by atoms with Gasteiger partial charge in [0.1, 0.15) is 5.82 Å². The molecule has 0 aliphatic carbocycles. The van der Waals surface area contributed by atoms with Crippen molar-refractivity contribution >= 4 is 40.2 Å². The molecule has 0 radical (unpaired) electrons. The van der Waals surface area contributed by atoms with Gasteiger partial charge >= 0.3 is 0 Å². The molecule has 0 fully saturated rings. The van der Waals surface area contributed by atoms with Crippen LogP contribution in [0.1, 0.15) is 70.8 Å². The van der Waals surface area contributed by atoms with E-state index in [0.717, 1.165) is 41.8 Å². The highest BCUT2D eigenvalue weighted by Crippen LogP contribution is 2.26. The number of aromatic nitrogens is 2. The first-order valence-corrected chi connectivity index (χ1v) is 11.8. The molecule has 1 aliphatic rings. The Bertz CT molecular complexity index is 1200. The molecule has 1 aliphatic heterocycles. The number of nitrogens with one attached hydrogen (secondary N) is 3. The van der Waals surface area contributed by atoms with Gasteiger partial charge in [-0.3, -0.25) is 9.59 Å². The first-order chi connectivity index (χ1) is 16.0. The van der Waals surface area contributed by atoms with Gasteiger partial charge in [-0.25, -0.2) is 4.98 Å². The van der Waals surface area contributed by atoms with Crippen molar-refractivity contribution in [2.24, 2.45) is 0 Å². The second-order valence-corrected chi connectivity index (χ2v) is 8.50. The van der Waals surface area contributed by atoms with E-state index in [2.05, 4.69) is 22.1 Å². The van der Waals surface area contributed by atoms with Crippen molar-refractivity contribution in [1.29, 1.82) is 5.41 Å². The molecule has 172 valence electrons. The zero-order valence-electron chi connectivity index (χ0n) is 18.7. The first kappa shape index (κ1) is 23.0. The van der Waals surface area contributed by atoms with Crippen molar-refractivity contribution in [2.45, 2.75) is 51.7 Å². The molecule has 0 bridgehead atoms. The van der Waals surface area contributed by atoms with Crippen LogP contribution in [0.3, 0.4) is 0 Å². The van der Waals surface area contributed by atoms with Crippen molar-refractivity contribution in [3.63, 3.8) is 0 Å². The number of carbonyl (C=O) groups is 2. The molecule has 8 heteroatoms. The number of amides is 2. The highest BCUT2D eigenvalue weighted by Gasteiger charge is 2.28. The number of imidazole rings is 1. The molecule has 0 saturated carbocycles. The molecule has 33 heavy (non-hydrogen) atoms. The second-order valence-electron chi connectivity index (χ2n) is 8.23. The van der Waals surface area contributed by atoms with Gasteiger partial charge in [0, 0.05) is 18.8 Å². The molecule has 4 rings (SSSR count). The number of carbonyl (C=O) groups excluding carboxylic acids is 2. The largest absolute Gasteiger partial charge is 0.348 e. The summed E-state index contributed by atoms with van der Waals surface area (Å²) in [6.45, 7) is 3.23. The van der Waals surface area contributed by atoms with E-state index in [4.69, 9.17) is 22.0 Å². The van der Waals surface area contributed by atoms with Crippen LogP contribution in [0.25, 0.3) is 11.0 Å². The van der Waals surface area contributed by atoms with E-state index >= 15 is 0 Å². The summed E-state index contributed by atoms with van der Waals surface area (Å²) in [5, 5.41) is 13.7. The second kappa shape index (κ2) is 10.2. The third kappa shape index (κ3) is 4.78. The fourth-order valence-electron chi connectivity index (χ4n) is 4.42. The van der Waals surface area contributed by atoms with Crippen LogP contribution in [0.4, 0.5) is 0 Å².